The fourth-order valence-electron chi connectivity index (χ4n) is 1.90. The molecule has 5 heteroatoms. The van der Waals surface area contributed by atoms with Crippen LogP contribution in [0.1, 0.15) is 35.6 Å². The maximum absolute atomic E-state index is 10.5. The molecule has 0 saturated carbocycles. The van der Waals surface area contributed by atoms with Gasteiger partial charge in [0.1, 0.15) is 5.75 Å². The predicted octanol–water partition coefficient (Wildman–Crippen LogP) is 1.54. The summed E-state index contributed by atoms with van der Waals surface area (Å²) in [5, 5.41) is 18.9. The molecule has 1 rings (SSSR count). The van der Waals surface area contributed by atoms with E-state index in [4.69, 9.17) is 15.6 Å². The number of ether oxygens (including phenoxy) is 1. The number of rotatable bonds is 6. The Balaban J connectivity index is 2.94. The Morgan fingerprint density at radius 3 is 2.47 bits per heavy atom. The first-order valence-electron chi connectivity index (χ1n) is 6.17. The number of methoxy groups -OCH3 is 1. The molecule has 0 aliphatic heterocycles. The summed E-state index contributed by atoms with van der Waals surface area (Å²) in [6.45, 7) is 3.89. The molecule has 1 aromatic rings. The van der Waals surface area contributed by atoms with Gasteiger partial charge in [-0.05, 0) is 43.5 Å². The highest BCUT2D eigenvalue weighted by molar-refractivity contribution is 5.66. The van der Waals surface area contributed by atoms with Crippen molar-refractivity contribution in [2.75, 3.05) is 7.11 Å². The molecule has 0 aromatic heterocycles. The van der Waals surface area contributed by atoms with Gasteiger partial charge in [-0.25, -0.2) is 0 Å². The van der Waals surface area contributed by atoms with E-state index in [1.54, 1.807) is 0 Å². The Hall–Kier alpha value is -1.59. The molecule has 1 aromatic carbocycles. The van der Waals surface area contributed by atoms with Crippen molar-refractivity contribution in [1.29, 1.82) is 0 Å². The number of benzene rings is 1. The summed E-state index contributed by atoms with van der Waals surface area (Å²) in [4.78, 5) is 10.5. The maximum Gasteiger partial charge on any atom is 0.303 e. The molecule has 106 valence electrons. The lowest BCUT2D eigenvalue weighted by molar-refractivity contribution is -0.137. The highest BCUT2D eigenvalue weighted by atomic mass is 16.5. The number of nitrogens with two attached hydrogens (primary N) is 1. The predicted molar refractivity (Wildman–Crippen MR) is 72.3 cm³/mol. The number of aliphatic carboxylic acids is 1. The quantitative estimate of drug-likeness (QED) is 0.727. The van der Waals surface area contributed by atoms with Gasteiger partial charge in [-0.2, -0.15) is 0 Å². The van der Waals surface area contributed by atoms with E-state index in [1.165, 1.54) is 7.11 Å². The van der Waals surface area contributed by atoms with E-state index in [0.29, 0.717) is 11.3 Å². The second-order valence-electron chi connectivity index (χ2n) is 4.72. The molecule has 0 amide bonds. The summed E-state index contributed by atoms with van der Waals surface area (Å²) in [7, 11) is 1.53. The number of hydrogen-bond donors (Lipinski definition) is 3. The number of hydrogen-bond acceptors (Lipinski definition) is 4. The van der Waals surface area contributed by atoms with Gasteiger partial charge in [0, 0.05) is 18.0 Å². The number of aliphatic hydroxyl groups excluding tert-OH is 1. The average Bonchev–Trinajstić information content (AvgIpc) is 2.37. The first-order valence-corrected chi connectivity index (χ1v) is 6.17. The fourth-order valence-corrected chi connectivity index (χ4v) is 1.90. The first kappa shape index (κ1) is 15.5. The molecule has 0 spiro atoms. The lowest BCUT2D eigenvalue weighted by atomic mass is 9.95. The number of carboxylic acids is 1. The van der Waals surface area contributed by atoms with Gasteiger partial charge in [-0.15, -0.1) is 0 Å². The number of aliphatic hydroxyl groups is 1. The van der Waals surface area contributed by atoms with E-state index in [2.05, 4.69) is 0 Å². The van der Waals surface area contributed by atoms with Gasteiger partial charge >= 0.3 is 5.97 Å². The van der Waals surface area contributed by atoms with Gasteiger partial charge < -0.3 is 20.7 Å². The van der Waals surface area contributed by atoms with Crippen LogP contribution in [0.3, 0.4) is 0 Å². The summed E-state index contributed by atoms with van der Waals surface area (Å²) in [5.74, 6) is -0.351. The van der Waals surface area contributed by atoms with Gasteiger partial charge in [-0.1, -0.05) is 0 Å². The van der Waals surface area contributed by atoms with Crippen LogP contribution in [-0.4, -0.2) is 29.3 Å². The zero-order chi connectivity index (χ0) is 14.6. The lowest BCUT2D eigenvalue weighted by Gasteiger charge is -2.21. The van der Waals surface area contributed by atoms with Crippen molar-refractivity contribution in [2.24, 2.45) is 5.73 Å². The average molecular weight is 267 g/mol. The Bertz CT molecular complexity index is 459. The lowest BCUT2D eigenvalue weighted by Crippen LogP contribution is -2.29. The number of carbonyl (C=O) groups is 1. The van der Waals surface area contributed by atoms with Crippen LogP contribution in [0.15, 0.2) is 12.1 Å². The highest BCUT2D eigenvalue weighted by Crippen LogP contribution is 2.30. The van der Waals surface area contributed by atoms with Gasteiger partial charge in [0.05, 0.1) is 13.2 Å². The van der Waals surface area contributed by atoms with Crippen molar-refractivity contribution < 1.29 is 19.7 Å². The van der Waals surface area contributed by atoms with Crippen LogP contribution in [-0.2, 0) is 4.79 Å². The molecular weight excluding hydrogens is 246 g/mol. The standard InChI is InChI=1S/C14H21NO4/c1-8-6-10(12(19-3)7-9(8)2)14(18)11(15)4-5-13(16)17/h6-7,11,14,18H,4-5,15H2,1-3H3,(H,16,17). The van der Waals surface area contributed by atoms with E-state index < -0.39 is 18.1 Å². The summed E-state index contributed by atoms with van der Waals surface area (Å²) < 4.78 is 5.25. The van der Waals surface area contributed by atoms with Crippen LogP contribution in [0, 0.1) is 13.8 Å². The third kappa shape index (κ3) is 3.94. The van der Waals surface area contributed by atoms with Gasteiger partial charge in [0.25, 0.3) is 0 Å². The molecular formula is C14H21NO4. The van der Waals surface area contributed by atoms with Gasteiger partial charge in [-0.3, -0.25) is 4.79 Å². The third-order valence-electron chi connectivity index (χ3n) is 3.26. The Kier molecular flexibility index (Phi) is 5.32. The summed E-state index contributed by atoms with van der Waals surface area (Å²) in [6, 6.07) is 3.05. The normalized spacial score (nSPS) is 13.9. The van der Waals surface area contributed by atoms with Crippen LogP contribution >= 0.6 is 0 Å². The molecule has 0 radical (unpaired) electrons. The van der Waals surface area contributed by atoms with Crippen molar-refractivity contribution in [3.8, 4) is 5.75 Å². The summed E-state index contributed by atoms with van der Waals surface area (Å²) in [6.07, 6.45) is -0.786. The van der Waals surface area contributed by atoms with E-state index in [-0.39, 0.29) is 12.8 Å². The highest BCUT2D eigenvalue weighted by Gasteiger charge is 2.22. The second kappa shape index (κ2) is 6.54. The van der Waals surface area contributed by atoms with Crippen LogP contribution in [0.5, 0.6) is 5.75 Å². The Labute approximate surface area is 113 Å². The maximum atomic E-state index is 10.5. The van der Waals surface area contributed by atoms with Gasteiger partial charge in [0.15, 0.2) is 0 Å². The van der Waals surface area contributed by atoms with Crippen LogP contribution in [0.2, 0.25) is 0 Å². The van der Waals surface area contributed by atoms with Crippen molar-refractivity contribution in [1.82, 2.24) is 0 Å². The minimum atomic E-state index is -0.936. The second-order valence-corrected chi connectivity index (χ2v) is 4.72. The summed E-state index contributed by atoms with van der Waals surface area (Å²) in [5.41, 5.74) is 8.53. The third-order valence-corrected chi connectivity index (χ3v) is 3.26. The molecule has 0 bridgehead atoms. The van der Waals surface area contributed by atoms with Crippen molar-refractivity contribution in [3.63, 3.8) is 0 Å². The smallest absolute Gasteiger partial charge is 0.303 e. The minimum absolute atomic E-state index is 0.0641. The van der Waals surface area contributed by atoms with E-state index >= 15 is 0 Å². The molecule has 0 aliphatic carbocycles. The summed E-state index contributed by atoms with van der Waals surface area (Å²) >= 11 is 0. The number of aryl methyl sites for hydroxylation is 2. The van der Waals surface area contributed by atoms with Crippen molar-refractivity contribution >= 4 is 5.97 Å². The molecule has 19 heavy (non-hydrogen) atoms. The Morgan fingerprint density at radius 1 is 1.37 bits per heavy atom. The van der Waals surface area contributed by atoms with E-state index in [1.807, 2.05) is 26.0 Å². The Morgan fingerprint density at radius 2 is 1.95 bits per heavy atom. The van der Waals surface area contributed by atoms with Crippen molar-refractivity contribution in [3.05, 3.63) is 28.8 Å². The van der Waals surface area contributed by atoms with Crippen molar-refractivity contribution in [2.45, 2.75) is 38.8 Å². The zero-order valence-corrected chi connectivity index (χ0v) is 11.5. The van der Waals surface area contributed by atoms with Crippen LogP contribution in [0.4, 0.5) is 0 Å². The van der Waals surface area contributed by atoms with Crippen LogP contribution in [0.25, 0.3) is 0 Å². The molecule has 4 N–H and O–H groups in total. The molecule has 0 aliphatic rings. The first-order chi connectivity index (χ1) is 8.86. The molecule has 0 saturated heterocycles. The minimum Gasteiger partial charge on any atom is -0.496 e. The zero-order valence-electron chi connectivity index (χ0n) is 11.5. The SMILES string of the molecule is COc1cc(C)c(C)cc1C(O)C(N)CCC(=O)O. The van der Waals surface area contributed by atoms with Crippen LogP contribution < -0.4 is 10.5 Å². The largest absolute Gasteiger partial charge is 0.496 e. The molecule has 2 atom stereocenters. The molecule has 2 unspecified atom stereocenters. The topological polar surface area (TPSA) is 92.8 Å². The molecule has 5 nitrogen and oxygen atoms in total. The van der Waals surface area contributed by atoms with E-state index in [0.717, 1.165) is 11.1 Å². The molecule has 0 heterocycles. The molecule has 0 fully saturated rings. The van der Waals surface area contributed by atoms with Gasteiger partial charge in [0.2, 0.25) is 0 Å². The fraction of sp³-hybridized carbons (Fsp3) is 0.500. The van der Waals surface area contributed by atoms with E-state index in [9.17, 15) is 9.90 Å². The monoisotopic (exact) mass is 267 g/mol. The number of carboxylic acid groups (broad SMARTS) is 1.